The standard InChI is InChI=1S/C20H20N4O8S/c1-32-20(28)16-12-23(9-10-25)19(27)17(16)21-14-4-6-15(7-5-14)33(30,31)22-18(26)13-3-2-8-24(29)11-13/h2-8,11,21,25H,9-10,12H2,1H3,(H,22,26). The van der Waals surface area contributed by atoms with Crippen LogP contribution in [0.1, 0.15) is 10.4 Å². The number of carbonyl (C=O) groups excluding carboxylic acids is 3. The average molecular weight is 476 g/mol. The maximum absolute atomic E-state index is 12.6. The van der Waals surface area contributed by atoms with Crippen molar-refractivity contribution in [3.8, 4) is 0 Å². The molecular weight excluding hydrogens is 456 g/mol. The molecule has 0 aliphatic carbocycles. The van der Waals surface area contributed by atoms with Crippen LogP contribution in [0.2, 0.25) is 0 Å². The van der Waals surface area contributed by atoms with Crippen molar-refractivity contribution in [3.63, 3.8) is 0 Å². The number of methoxy groups -OCH3 is 1. The number of anilines is 1. The Morgan fingerprint density at radius 3 is 2.55 bits per heavy atom. The van der Waals surface area contributed by atoms with E-state index in [1.807, 2.05) is 4.72 Å². The lowest BCUT2D eigenvalue weighted by atomic mass is 10.2. The predicted octanol–water partition coefficient (Wildman–Crippen LogP) is -0.888. The Bertz CT molecular complexity index is 1220. The third-order valence-electron chi connectivity index (χ3n) is 4.65. The van der Waals surface area contributed by atoms with Gasteiger partial charge in [0.1, 0.15) is 11.3 Å². The monoisotopic (exact) mass is 476 g/mol. The van der Waals surface area contributed by atoms with Crippen molar-refractivity contribution < 1.29 is 37.4 Å². The number of esters is 1. The molecule has 1 aromatic heterocycles. The molecule has 0 fully saturated rings. The number of rotatable bonds is 8. The normalized spacial score (nSPS) is 13.8. The molecule has 12 nitrogen and oxygen atoms in total. The number of nitrogens with one attached hydrogen (secondary N) is 2. The van der Waals surface area contributed by atoms with E-state index in [1.165, 1.54) is 48.4 Å². The molecule has 1 aliphatic rings. The van der Waals surface area contributed by atoms with Gasteiger partial charge in [0.25, 0.3) is 21.8 Å². The minimum absolute atomic E-state index is 0.0230. The molecule has 0 spiro atoms. The quantitative estimate of drug-likeness (QED) is 0.249. The van der Waals surface area contributed by atoms with E-state index in [2.05, 4.69) is 5.32 Å². The zero-order valence-electron chi connectivity index (χ0n) is 17.3. The van der Waals surface area contributed by atoms with E-state index in [4.69, 9.17) is 9.84 Å². The minimum atomic E-state index is -4.25. The highest BCUT2D eigenvalue weighted by atomic mass is 32.2. The number of aromatic nitrogens is 1. The number of carbonyl (C=O) groups is 3. The second-order valence-corrected chi connectivity index (χ2v) is 8.51. The molecule has 0 radical (unpaired) electrons. The van der Waals surface area contributed by atoms with Crippen molar-refractivity contribution in [3.05, 3.63) is 70.8 Å². The summed E-state index contributed by atoms with van der Waals surface area (Å²) in [6, 6.07) is 7.67. The number of hydrogen-bond donors (Lipinski definition) is 3. The van der Waals surface area contributed by atoms with Crippen LogP contribution in [0.15, 0.2) is 65.0 Å². The van der Waals surface area contributed by atoms with E-state index in [-0.39, 0.29) is 41.4 Å². The van der Waals surface area contributed by atoms with E-state index in [1.54, 1.807) is 0 Å². The zero-order chi connectivity index (χ0) is 24.2. The Morgan fingerprint density at radius 2 is 1.94 bits per heavy atom. The third-order valence-corrected chi connectivity index (χ3v) is 6.00. The van der Waals surface area contributed by atoms with E-state index < -0.39 is 27.8 Å². The average Bonchev–Trinajstić information content (AvgIpc) is 3.09. The van der Waals surface area contributed by atoms with Crippen LogP contribution in [-0.4, -0.2) is 63.0 Å². The maximum Gasteiger partial charge on any atom is 0.337 e. The number of β-amino-alcohol motifs (C(OH)–C–C–N with tert-alkyl or cyclic N) is 1. The van der Waals surface area contributed by atoms with Gasteiger partial charge in [-0.25, -0.2) is 17.9 Å². The number of amides is 2. The van der Waals surface area contributed by atoms with Gasteiger partial charge in [0.05, 0.1) is 30.7 Å². The smallest absolute Gasteiger partial charge is 0.337 e. The van der Waals surface area contributed by atoms with Crippen LogP contribution in [0, 0.1) is 5.21 Å². The molecule has 1 aliphatic heterocycles. The third kappa shape index (κ3) is 5.27. The number of aliphatic hydroxyl groups is 1. The Morgan fingerprint density at radius 1 is 1.24 bits per heavy atom. The van der Waals surface area contributed by atoms with Crippen LogP contribution in [-0.2, 0) is 24.3 Å². The second-order valence-electron chi connectivity index (χ2n) is 6.83. The molecule has 3 rings (SSSR count). The first-order chi connectivity index (χ1) is 15.7. The van der Waals surface area contributed by atoms with Crippen LogP contribution >= 0.6 is 0 Å². The van der Waals surface area contributed by atoms with Crippen molar-refractivity contribution in [2.45, 2.75) is 4.90 Å². The van der Waals surface area contributed by atoms with Crippen molar-refractivity contribution in [1.82, 2.24) is 9.62 Å². The summed E-state index contributed by atoms with van der Waals surface area (Å²) in [6.45, 7) is -0.311. The molecule has 0 atom stereocenters. The van der Waals surface area contributed by atoms with E-state index >= 15 is 0 Å². The van der Waals surface area contributed by atoms with E-state index in [0.29, 0.717) is 10.4 Å². The number of benzene rings is 1. The largest absolute Gasteiger partial charge is 0.619 e. The number of hydrogen-bond acceptors (Lipinski definition) is 9. The van der Waals surface area contributed by atoms with Gasteiger partial charge in [-0.1, -0.05) is 0 Å². The summed E-state index contributed by atoms with van der Waals surface area (Å²) < 4.78 is 32.0. The Kier molecular flexibility index (Phi) is 6.94. The first-order valence-electron chi connectivity index (χ1n) is 9.51. The molecular formula is C20H20N4O8S. The van der Waals surface area contributed by atoms with Gasteiger partial charge in [0.15, 0.2) is 12.4 Å². The fraction of sp³-hybridized carbons (Fsp3) is 0.200. The summed E-state index contributed by atoms with van der Waals surface area (Å²) in [5.41, 5.74) is 0.183. The molecule has 2 aromatic rings. The molecule has 2 heterocycles. The molecule has 0 bridgehead atoms. The van der Waals surface area contributed by atoms with Gasteiger partial charge in [-0.2, -0.15) is 4.73 Å². The van der Waals surface area contributed by atoms with Gasteiger partial charge in [-0.05, 0) is 30.3 Å². The van der Waals surface area contributed by atoms with Crippen LogP contribution in [0.25, 0.3) is 0 Å². The van der Waals surface area contributed by atoms with Gasteiger partial charge in [-0.15, -0.1) is 0 Å². The fourth-order valence-electron chi connectivity index (χ4n) is 3.04. The van der Waals surface area contributed by atoms with Gasteiger partial charge in [0.2, 0.25) is 0 Å². The number of ether oxygens (including phenoxy) is 1. The zero-order valence-corrected chi connectivity index (χ0v) is 18.2. The summed E-state index contributed by atoms with van der Waals surface area (Å²) in [4.78, 5) is 37.8. The SMILES string of the molecule is COC(=O)C1=C(Nc2ccc(S(=O)(=O)NC(=O)c3ccc[n+]([O-])c3)cc2)C(=O)N(CCO)C1. The topological polar surface area (TPSA) is 169 Å². The van der Waals surface area contributed by atoms with Crippen LogP contribution < -0.4 is 14.8 Å². The van der Waals surface area contributed by atoms with E-state index in [9.17, 15) is 28.0 Å². The Balaban J connectivity index is 1.78. The highest BCUT2D eigenvalue weighted by Gasteiger charge is 2.34. The Labute approximate surface area is 188 Å². The first-order valence-corrected chi connectivity index (χ1v) is 11.0. The molecule has 13 heteroatoms. The molecule has 1 aromatic carbocycles. The van der Waals surface area contributed by atoms with Gasteiger partial charge < -0.3 is 25.3 Å². The minimum Gasteiger partial charge on any atom is -0.619 e. The summed E-state index contributed by atoms with van der Waals surface area (Å²) >= 11 is 0. The highest BCUT2D eigenvalue weighted by Crippen LogP contribution is 2.23. The summed E-state index contributed by atoms with van der Waals surface area (Å²) in [6.07, 6.45) is 2.08. The first kappa shape index (κ1) is 23.7. The highest BCUT2D eigenvalue weighted by molar-refractivity contribution is 7.90. The van der Waals surface area contributed by atoms with Gasteiger partial charge in [0, 0.05) is 18.3 Å². The molecule has 33 heavy (non-hydrogen) atoms. The van der Waals surface area contributed by atoms with Gasteiger partial charge >= 0.3 is 5.97 Å². The maximum atomic E-state index is 12.6. The van der Waals surface area contributed by atoms with Crippen LogP contribution in [0.3, 0.4) is 0 Å². The van der Waals surface area contributed by atoms with Crippen molar-refractivity contribution in [1.29, 1.82) is 0 Å². The molecule has 0 unspecified atom stereocenters. The van der Waals surface area contributed by atoms with Crippen LogP contribution in [0.4, 0.5) is 5.69 Å². The van der Waals surface area contributed by atoms with Crippen molar-refractivity contribution >= 4 is 33.5 Å². The number of sulfonamides is 1. The molecule has 0 saturated carbocycles. The molecule has 2 amide bonds. The lowest BCUT2D eigenvalue weighted by Crippen LogP contribution is -2.33. The summed E-state index contributed by atoms with van der Waals surface area (Å²) in [5.74, 6) is -2.21. The molecule has 3 N–H and O–H groups in total. The van der Waals surface area contributed by atoms with E-state index in [0.717, 1.165) is 12.4 Å². The lowest BCUT2D eigenvalue weighted by molar-refractivity contribution is -0.605. The van der Waals surface area contributed by atoms with Crippen LogP contribution in [0.5, 0.6) is 0 Å². The molecule has 0 saturated heterocycles. The number of aliphatic hydroxyl groups excluding tert-OH is 1. The van der Waals surface area contributed by atoms with Crippen molar-refractivity contribution in [2.24, 2.45) is 0 Å². The molecule has 174 valence electrons. The second kappa shape index (κ2) is 9.67. The Hall–Kier alpha value is -3.97. The summed E-state index contributed by atoms with van der Waals surface area (Å²) in [5, 5.41) is 23.2. The fourth-order valence-corrected chi connectivity index (χ4v) is 4.01. The van der Waals surface area contributed by atoms with Gasteiger partial charge in [-0.3, -0.25) is 9.59 Å². The van der Waals surface area contributed by atoms with Crippen molar-refractivity contribution in [2.75, 3.05) is 32.1 Å². The lowest BCUT2D eigenvalue weighted by Gasteiger charge is -2.15. The number of pyridine rings is 1. The summed E-state index contributed by atoms with van der Waals surface area (Å²) in [7, 11) is -3.07. The predicted molar refractivity (Wildman–Crippen MR) is 113 cm³/mol. The number of nitrogens with zero attached hydrogens (tertiary/aromatic N) is 2.